The van der Waals surface area contributed by atoms with Gasteiger partial charge in [-0.2, -0.15) is 0 Å². The van der Waals surface area contributed by atoms with Crippen LogP contribution >= 0.6 is 0 Å². The van der Waals surface area contributed by atoms with E-state index in [0.29, 0.717) is 6.42 Å². The van der Waals surface area contributed by atoms with Crippen molar-refractivity contribution < 1.29 is 47.7 Å². The molecule has 12 heteroatoms. The van der Waals surface area contributed by atoms with E-state index < -0.39 is 77.9 Å². The molecule has 1 saturated heterocycles. The first-order chi connectivity index (χ1) is 15.9. The number of methoxy groups -OCH3 is 1. The lowest BCUT2D eigenvalue weighted by molar-refractivity contribution is -0.172. The number of esters is 4. The lowest BCUT2D eigenvalue weighted by Gasteiger charge is -2.40. The second-order valence-corrected chi connectivity index (χ2v) is 10.1. The Labute approximate surface area is 204 Å². The van der Waals surface area contributed by atoms with Crippen molar-refractivity contribution in [1.29, 1.82) is 0 Å². The first-order valence-electron chi connectivity index (χ1n) is 11.2. The van der Waals surface area contributed by atoms with Crippen LogP contribution in [0, 0.1) is 0 Å². The van der Waals surface area contributed by atoms with Gasteiger partial charge < -0.3 is 29.2 Å². The van der Waals surface area contributed by atoms with Crippen molar-refractivity contribution in [3.05, 3.63) is 0 Å². The van der Waals surface area contributed by atoms with Gasteiger partial charge in [0.25, 0.3) is 0 Å². The molecule has 1 heterocycles. The van der Waals surface area contributed by atoms with Crippen molar-refractivity contribution in [2.75, 3.05) is 13.7 Å². The molecule has 1 rings (SSSR count). The summed E-state index contributed by atoms with van der Waals surface area (Å²) in [5.41, 5.74) is -1.64. The molecule has 0 aliphatic carbocycles. The van der Waals surface area contributed by atoms with Crippen molar-refractivity contribution in [2.24, 2.45) is 0 Å². The van der Waals surface area contributed by atoms with Crippen LogP contribution in [-0.2, 0) is 47.7 Å². The average Bonchev–Trinajstić information content (AvgIpc) is 2.61. The van der Waals surface area contributed by atoms with Gasteiger partial charge in [-0.3, -0.25) is 14.4 Å². The van der Waals surface area contributed by atoms with Crippen LogP contribution < -0.4 is 5.32 Å². The Balaban J connectivity index is 2.96. The van der Waals surface area contributed by atoms with E-state index in [-0.39, 0.29) is 6.54 Å². The van der Waals surface area contributed by atoms with Gasteiger partial charge in [-0.1, -0.05) is 0 Å². The van der Waals surface area contributed by atoms with E-state index in [9.17, 15) is 28.8 Å². The Morgan fingerprint density at radius 3 is 1.91 bits per heavy atom. The Kier molecular flexibility index (Phi) is 10.2. The maximum absolute atomic E-state index is 12.9. The Morgan fingerprint density at radius 1 is 0.914 bits per heavy atom. The molecule has 3 unspecified atom stereocenters. The van der Waals surface area contributed by atoms with E-state index in [2.05, 4.69) is 10.1 Å². The number of rotatable bonds is 9. The van der Waals surface area contributed by atoms with E-state index in [0.717, 1.165) is 14.0 Å². The number of likely N-dealkylation sites (tertiary alicyclic amines) is 1. The van der Waals surface area contributed by atoms with Gasteiger partial charge in [0.1, 0.15) is 23.3 Å². The summed E-state index contributed by atoms with van der Waals surface area (Å²) in [4.78, 5) is 75.0. The third-order valence-corrected chi connectivity index (χ3v) is 4.57. The summed E-state index contributed by atoms with van der Waals surface area (Å²) in [6, 6.07) is -2.20. The number of carbonyl (C=O) groups is 6. The molecule has 0 spiro atoms. The van der Waals surface area contributed by atoms with Gasteiger partial charge in [0.15, 0.2) is 0 Å². The summed E-state index contributed by atoms with van der Waals surface area (Å²) in [6.45, 7) is 11.3. The topological polar surface area (TPSA) is 155 Å². The van der Waals surface area contributed by atoms with Crippen LogP contribution in [0.4, 0.5) is 0 Å². The lowest BCUT2D eigenvalue weighted by atomic mass is 10.0. The summed E-state index contributed by atoms with van der Waals surface area (Å²) in [7, 11) is 1.06. The van der Waals surface area contributed by atoms with E-state index in [4.69, 9.17) is 14.2 Å². The minimum Gasteiger partial charge on any atom is -0.466 e. The Bertz CT molecular complexity index is 840. The van der Waals surface area contributed by atoms with Crippen LogP contribution in [0.5, 0.6) is 0 Å². The first kappa shape index (κ1) is 29.9. The maximum atomic E-state index is 12.9. The summed E-state index contributed by atoms with van der Waals surface area (Å²) < 4.78 is 20.0. The quantitative estimate of drug-likeness (QED) is 0.352. The van der Waals surface area contributed by atoms with E-state index in [1.54, 1.807) is 41.5 Å². The predicted molar refractivity (Wildman–Crippen MR) is 121 cm³/mol. The van der Waals surface area contributed by atoms with Crippen LogP contribution in [0.3, 0.4) is 0 Å². The van der Waals surface area contributed by atoms with Crippen LogP contribution in [0.2, 0.25) is 0 Å². The number of nitrogens with one attached hydrogen (secondary N) is 1. The third-order valence-electron chi connectivity index (χ3n) is 4.57. The van der Waals surface area contributed by atoms with Crippen LogP contribution in [0.15, 0.2) is 0 Å². The molecule has 0 saturated carbocycles. The molecule has 3 atom stereocenters. The standard InChI is InChI=1S/C23H36N2O10/c1-13(26)33-16(21(31)32-8)12-17(27)24-14(19(29)34-22(2,3)4)11-18(28)25-10-9-15(25)20(30)35-23(5,6)7/h14-16H,9-12H2,1-8H3,(H,24,27). The Morgan fingerprint density at radius 2 is 1.49 bits per heavy atom. The number of carbonyl (C=O) groups excluding carboxylic acids is 6. The minimum absolute atomic E-state index is 0.286. The molecule has 12 nitrogen and oxygen atoms in total. The second-order valence-electron chi connectivity index (χ2n) is 10.1. The third kappa shape index (κ3) is 10.3. The van der Waals surface area contributed by atoms with Crippen molar-refractivity contribution in [3.63, 3.8) is 0 Å². The molecular formula is C23H36N2O10. The number of hydrogen-bond donors (Lipinski definition) is 1. The van der Waals surface area contributed by atoms with Crippen LogP contribution in [-0.4, -0.2) is 83.6 Å². The monoisotopic (exact) mass is 500 g/mol. The highest BCUT2D eigenvalue weighted by molar-refractivity contribution is 5.93. The van der Waals surface area contributed by atoms with Crippen LogP contribution in [0.25, 0.3) is 0 Å². The summed E-state index contributed by atoms with van der Waals surface area (Å²) >= 11 is 0. The molecule has 2 amide bonds. The summed E-state index contributed by atoms with van der Waals surface area (Å²) in [6.07, 6.45) is -2.24. The van der Waals surface area contributed by atoms with Gasteiger partial charge in [0.05, 0.1) is 20.0 Å². The Hall–Kier alpha value is -3.18. The van der Waals surface area contributed by atoms with Gasteiger partial charge in [0, 0.05) is 13.5 Å². The van der Waals surface area contributed by atoms with Gasteiger partial charge in [-0.25, -0.2) is 14.4 Å². The van der Waals surface area contributed by atoms with E-state index >= 15 is 0 Å². The van der Waals surface area contributed by atoms with Crippen molar-refractivity contribution in [1.82, 2.24) is 10.2 Å². The van der Waals surface area contributed by atoms with Crippen molar-refractivity contribution in [2.45, 2.75) is 97.1 Å². The highest BCUT2D eigenvalue weighted by Gasteiger charge is 2.42. The van der Waals surface area contributed by atoms with E-state index in [1.165, 1.54) is 4.90 Å². The normalized spacial score (nSPS) is 17.3. The van der Waals surface area contributed by atoms with Crippen molar-refractivity contribution >= 4 is 35.7 Å². The molecule has 1 fully saturated rings. The number of hydrogen-bond acceptors (Lipinski definition) is 10. The SMILES string of the molecule is COC(=O)C(CC(=O)NC(CC(=O)N1CCC1C(=O)OC(C)(C)C)C(=O)OC(C)(C)C)OC(C)=O. The highest BCUT2D eigenvalue weighted by Crippen LogP contribution is 2.23. The second kappa shape index (κ2) is 12.0. The average molecular weight is 501 g/mol. The number of nitrogens with zero attached hydrogens (tertiary/aromatic N) is 1. The van der Waals surface area contributed by atoms with Gasteiger partial charge >= 0.3 is 23.9 Å². The zero-order chi connectivity index (χ0) is 27.1. The molecule has 35 heavy (non-hydrogen) atoms. The number of ether oxygens (including phenoxy) is 4. The molecular weight excluding hydrogens is 464 g/mol. The molecule has 0 bridgehead atoms. The van der Waals surface area contributed by atoms with Gasteiger partial charge in [-0.05, 0) is 48.0 Å². The van der Waals surface area contributed by atoms with Crippen molar-refractivity contribution in [3.8, 4) is 0 Å². The predicted octanol–water partition coefficient (Wildman–Crippen LogP) is 0.640. The number of amides is 2. The fraction of sp³-hybridized carbons (Fsp3) is 0.739. The van der Waals surface area contributed by atoms with Crippen LogP contribution in [0.1, 0.15) is 67.7 Å². The maximum Gasteiger partial charge on any atom is 0.347 e. The molecule has 0 aromatic rings. The smallest absolute Gasteiger partial charge is 0.347 e. The first-order valence-corrected chi connectivity index (χ1v) is 11.2. The molecule has 1 N–H and O–H groups in total. The zero-order valence-corrected chi connectivity index (χ0v) is 21.6. The largest absolute Gasteiger partial charge is 0.466 e. The minimum atomic E-state index is -1.53. The van der Waals surface area contributed by atoms with E-state index in [1.807, 2.05) is 0 Å². The summed E-state index contributed by atoms with van der Waals surface area (Å²) in [5.74, 6) is -4.61. The fourth-order valence-electron chi connectivity index (χ4n) is 3.09. The molecule has 0 radical (unpaired) electrons. The summed E-state index contributed by atoms with van der Waals surface area (Å²) in [5, 5.41) is 2.36. The highest BCUT2D eigenvalue weighted by atomic mass is 16.6. The zero-order valence-electron chi connectivity index (χ0n) is 21.6. The van der Waals surface area contributed by atoms with Gasteiger partial charge in [-0.15, -0.1) is 0 Å². The van der Waals surface area contributed by atoms with Gasteiger partial charge in [0.2, 0.25) is 17.9 Å². The molecule has 1 aliphatic heterocycles. The molecule has 1 aliphatic rings. The lowest BCUT2D eigenvalue weighted by Crippen LogP contribution is -2.58. The fourth-order valence-corrected chi connectivity index (χ4v) is 3.09. The molecule has 0 aromatic carbocycles. The molecule has 198 valence electrons. The molecule has 0 aromatic heterocycles.